The highest BCUT2D eigenvalue weighted by atomic mass is 32.2. The Morgan fingerprint density at radius 3 is 2.35 bits per heavy atom. The highest BCUT2D eigenvalue weighted by Crippen LogP contribution is 2.22. The molecular weight excluding hydrogens is 454 g/mol. The first-order chi connectivity index (χ1) is 16.3. The Balaban J connectivity index is 1.64. The summed E-state index contributed by atoms with van der Waals surface area (Å²) in [4.78, 5) is 27.6. The quantitative estimate of drug-likeness (QED) is 0.422. The Bertz CT molecular complexity index is 1050. The number of ether oxygens (including phenoxy) is 1. The van der Waals surface area contributed by atoms with Crippen LogP contribution in [0.5, 0.6) is 0 Å². The standard InChI is InChI=1S/C25H33N3O5S/c1-19(25(30)26-16-17-33-2)28(18-21-6-4-3-5-7-21)24(29)15-10-20-8-13-23(14-9-20)34(31,32)27-22-11-12-22/h3-9,13-14,19,22,27H,10-12,15-18H2,1-2H3,(H,26,30)/t19-/m1/s1. The number of hydrogen-bond donors (Lipinski definition) is 2. The summed E-state index contributed by atoms with van der Waals surface area (Å²) in [7, 11) is -1.94. The largest absolute Gasteiger partial charge is 0.383 e. The fourth-order valence-corrected chi connectivity index (χ4v) is 4.81. The van der Waals surface area contributed by atoms with Gasteiger partial charge in [-0.1, -0.05) is 42.5 Å². The van der Waals surface area contributed by atoms with E-state index >= 15 is 0 Å². The molecule has 184 valence electrons. The van der Waals surface area contributed by atoms with Gasteiger partial charge in [0.2, 0.25) is 21.8 Å². The third-order valence-corrected chi connectivity index (χ3v) is 7.27. The van der Waals surface area contributed by atoms with Gasteiger partial charge in [-0.2, -0.15) is 0 Å². The molecule has 1 aliphatic rings. The maximum atomic E-state index is 13.2. The van der Waals surface area contributed by atoms with E-state index in [0.717, 1.165) is 24.0 Å². The van der Waals surface area contributed by atoms with Crippen LogP contribution >= 0.6 is 0 Å². The van der Waals surface area contributed by atoms with Crippen molar-refractivity contribution in [1.29, 1.82) is 0 Å². The maximum absolute atomic E-state index is 13.2. The molecule has 0 unspecified atom stereocenters. The van der Waals surface area contributed by atoms with E-state index in [1.165, 1.54) is 0 Å². The molecule has 2 amide bonds. The van der Waals surface area contributed by atoms with E-state index in [1.54, 1.807) is 43.2 Å². The number of benzene rings is 2. The number of carbonyl (C=O) groups is 2. The zero-order valence-electron chi connectivity index (χ0n) is 19.7. The lowest BCUT2D eigenvalue weighted by atomic mass is 10.1. The van der Waals surface area contributed by atoms with Crippen LogP contribution in [0.1, 0.15) is 37.3 Å². The molecule has 1 saturated carbocycles. The molecular formula is C25H33N3O5S. The number of sulfonamides is 1. The van der Waals surface area contributed by atoms with Crippen LogP contribution in [0.4, 0.5) is 0 Å². The Hall–Kier alpha value is -2.75. The number of carbonyl (C=O) groups excluding carboxylic acids is 2. The average molecular weight is 488 g/mol. The fraction of sp³-hybridized carbons (Fsp3) is 0.440. The molecule has 2 aromatic rings. The van der Waals surface area contributed by atoms with Gasteiger partial charge >= 0.3 is 0 Å². The summed E-state index contributed by atoms with van der Waals surface area (Å²) >= 11 is 0. The summed E-state index contributed by atoms with van der Waals surface area (Å²) in [5.41, 5.74) is 1.79. The van der Waals surface area contributed by atoms with E-state index in [2.05, 4.69) is 10.0 Å². The van der Waals surface area contributed by atoms with Gasteiger partial charge < -0.3 is 15.0 Å². The summed E-state index contributed by atoms with van der Waals surface area (Å²) < 4.78 is 32.3. The first-order valence-electron chi connectivity index (χ1n) is 11.5. The SMILES string of the molecule is COCCNC(=O)[C@@H](C)N(Cc1ccccc1)C(=O)CCc1ccc(S(=O)(=O)NC2CC2)cc1. The van der Waals surface area contributed by atoms with Gasteiger partial charge in [0.05, 0.1) is 11.5 Å². The molecule has 1 aliphatic carbocycles. The lowest BCUT2D eigenvalue weighted by Crippen LogP contribution is -2.48. The molecule has 1 fully saturated rings. The fourth-order valence-electron chi connectivity index (χ4n) is 3.51. The van der Waals surface area contributed by atoms with Crippen molar-refractivity contribution in [2.24, 2.45) is 0 Å². The van der Waals surface area contributed by atoms with Gasteiger partial charge in [0.1, 0.15) is 6.04 Å². The Labute approximate surface area is 201 Å². The van der Waals surface area contributed by atoms with Crippen LogP contribution in [-0.2, 0) is 37.3 Å². The van der Waals surface area contributed by atoms with Crippen molar-refractivity contribution in [1.82, 2.24) is 14.9 Å². The van der Waals surface area contributed by atoms with Crippen LogP contribution in [0.2, 0.25) is 0 Å². The topological polar surface area (TPSA) is 105 Å². The molecule has 0 aliphatic heterocycles. The molecule has 0 saturated heterocycles. The minimum absolute atomic E-state index is 0.0478. The summed E-state index contributed by atoms with van der Waals surface area (Å²) in [6, 6.07) is 15.5. The molecule has 1 atom stereocenters. The van der Waals surface area contributed by atoms with Crippen LogP contribution in [0, 0.1) is 0 Å². The Morgan fingerprint density at radius 2 is 1.74 bits per heavy atom. The number of methoxy groups -OCH3 is 1. The predicted molar refractivity (Wildman–Crippen MR) is 129 cm³/mol. The maximum Gasteiger partial charge on any atom is 0.242 e. The third-order valence-electron chi connectivity index (χ3n) is 5.73. The first kappa shape index (κ1) is 25.9. The second-order valence-electron chi connectivity index (χ2n) is 8.51. The second-order valence-corrected chi connectivity index (χ2v) is 10.2. The number of amides is 2. The number of hydrogen-bond acceptors (Lipinski definition) is 5. The van der Waals surface area contributed by atoms with Crippen LogP contribution in [0.15, 0.2) is 59.5 Å². The van der Waals surface area contributed by atoms with Crippen LogP contribution < -0.4 is 10.0 Å². The van der Waals surface area contributed by atoms with Crippen LogP contribution in [0.25, 0.3) is 0 Å². The summed E-state index contributed by atoms with van der Waals surface area (Å²) in [5, 5.41) is 2.80. The van der Waals surface area contributed by atoms with E-state index in [4.69, 9.17) is 4.74 Å². The van der Waals surface area contributed by atoms with E-state index in [0.29, 0.717) is 26.1 Å². The van der Waals surface area contributed by atoms with Crippen molar-refractivity contribution in [3.63, 3.8) is 0 Å². The van der Waals surface area contributed by atoms with Crippen LogP contribution in [0.3, 0.4) is 0 Å². The smallest absolute Gasteiger partial charge is 0.242 e. The average Bonchev–Trinajstić information content (AvgIpc) is 3.65. The molecule has 2 aromatic carbocycles. The molecule has 2 N–H and O–H groups in total. The van der Waals surface area contributed by atoms with Crippen molar-refractivity contribution < 1.29 is 22.7 Å². The third kappa shape index (κ3) is 7.65. The van der Waals surface area contributed by atoms with Crippen molar-refractivity contribution in [2.45, 2.75) is 56.1 Å². The normalized spacial score (nSPS) is 14.4. The molecule has 0 aromatic heterocycles. The predicted octanol–water partition coefficient (Wildman–Crippen LogP) is 2.24. The van der Waals surface area contributed by atoms with Gasteiger partial charge in [0.15, 0.2) is 0 Å². The van der Waals surface area contributed by atoms with E-state index < -0.39 is 16.1 Å². The minimum Gasteiger partial charge on any atom is -0.383 e. The first-order valence-corrected chi connectivity index (χ1v) is 13.0. The lowest BCUT2D eigenvalue weighted by Gasteiger charge is -2.29. The van der Waals surface area contributed by atoms with Gasteiger partial charge in [0.25, 0.3) is 0 Å². The monoisotopic (exact) mass is 487 g/mol. The molecule has 0 spiro atoms. The zero-order chi connectivity index (χ0) is 24.6. The van der Waals surface area contributed by atoms with Crippen molar-refractivity contribution >= 4 is 21.8 Å². The Kier molecular flexibility index (Phi) is 9.20. The highest BCUT2D eigenvalue weighted by molar-refractivity contribution is 7.89. The highest BCUT2D eigenvalue weighted by Gasteiger charge is 2.28. The number of aryl methyl sites for hydroxylation is 1. The number of nitrogens with zero attached hydrogens (tertiary/aromatic N) is 1. The van der Waals surface area contributed by atoms with Gasteiger partial charge in [-0.05, 0) is 49.4 Å². The van der Waals surface area contributed by atoms with Crippen molar-refractivity contribution in [3.05, 3.63) is 65.7 Å². The second kappa shape index (κ2) is 12.1. The number of rotatable bonds is 13. The van der Waals surface area contributed by atoms with Crippen molar-refractivity contribution in [2.75, 3.05) is 20.3 Å². The summed E-state index contributed by atoms with van der Waals surface area (Å²) in [6.45, 7) is 2.81. The zero-order valence-corrected chi connectivity index (χ0v) is 20.5. The van der Waals surface area contributed by atoms with E-state index in [1.807, 2.05) is 30.3 Å². The minimum atomic E-state index is -3.50. The lowest BCUT2D eigenvalue weighted by molar-refractivity contribution is -0.140. The molecule has 0 radical (unpaired) electrons. The molecule has 0 bridgehead atoms. The van der Waals surface area contributed by atoms with E-state index in [9.17, 15) is 18.0 Å². The van der Waals surface area contributed by atoms with Crippen LogP contribution in [-0.4, -0.2) is 57.5 Å². The molecule has 3 rings (SSSR count). The van der Waals surface area contributed by atoms with Crippen molar-refractivity contribution in [3.8, 4) is 0 Å². The summed E-state index contributed by atoms with van der Waals surface area (Å²) in [5.74, 6) is -0.385. The van der Waals surface area contributed by atoms with Gasteiger partial charge in [-0.25, -0.2) is 13.1 Å². The molecule has 0 heterocycles. The molecule has 8 nitrogen and oxygen atoms in total. The molecule has 9 heteroatoms. The van der Waals surface area contributed by atoms with Gasteiger partial charge in [-0.3, -0.25) is 9.59 Å². The number of nitrogens with one attached hydrogen (secondary N) is 2. The molecule has 34 heavy (non-hydrogen) atoms. The summed E-state index contributed by atoms with van der Waals surface area (Å²) in [6.07, 6.45) is 2.40. The van der Waals surface area contributed by atoms with Gasteiger partial charge in [-0.15, -0.1) is 0 Å². The van der Waals surface area contributed by atoms with Gasteiger partial charge in [0, 0.05) is 32.7 Å². The Morgan fingerprint density at radius 1 is 1.06 bits per heavy atom. The van der Waals surface area contributed by atoms with E-state index in [-0.39, 0.29) is 29.2 Å².